The molecule has 134 valence electrons. The van der Waals surface area contributed by atoms with E-state index in [1.54, 1.807) is 33.1 Å². The molecule has 1 saturated carbocycles. The highest BCUT2D eigenvalue weighted by Gasteiger charge is 2.46. The van der Waals surface area contributed by atoms with Crippen LogP contribution in [0.4, 0.5) is 0 Å². The van der Waals surface area contributed by atoms with Gasteiger partial charge in [-0.3, -0.25) is 0 Å². The van der Waals surface area contributed by atoms with Gasteiger partial charge in [-0.05, 0) is 56.4 Å². The monoisotopic (exact) mass is 373 g/mol. The Morgan fingerprint density at radius 3 is 2.08 bits per heavy atom. The van der Waals surface area contributed by atoms with Crippen LogP contribution in [0.1, 0.15) is 30.4 Å². The third-order valence-electron chi connectivity index (χ3n) is 4.68. The summed E-state index contributed by atoms with van der Waals surface area (Å²) in [5.41, 5.74) is 1.25. The summed E-state index contributed by atoms with van der Waals surface area (Å²) in [5, 5.41) is 0. The molecule has 0 radical (unpaired) electrons. The van der Waals surface area contributed by atoms with E-state index in [0.717, 1.165) is 12.8 Å². The maximum Gasteiger partial charge on any atom is 0.244 e. The number of aryl methyl sites for hydroxylation is 2. The second-order valence-electron chi connectivity index (χ2n) is 6.71. The highest BCUT2D eigenvalue weighted by molar-refractivity contribution is 7.92. The van der Waals surface area contributed by atoms with Crippen molar-refractivity contribution >= 4 is 19.9 Å². The molecule has 3 rings (SSSR count). The Hall–Kier alpha value is -1.12. The van der Waals surface area contributed by atoms with Crippen LogP contribution < -0.4 is 4.74 Å². The first-order valence-electron chi connectivity index (χ1n) is 8.05. The SMILES string of the molecule is COc1cc(C)c(S(=O)(=O)N(C2CC2)[C@H]2CCS(=O)(=O)C2)c(C)c1. The molecule has 2 fully saturated rings. The van der Waals surface area contributed by atoms with Gasteiger partial charge in [-0.1, -0.05) is 0 Å². The van der Waals surface area contributed by atoms with E-state index < -0.39 is 25.9 Å². The van der Waals surface area contributed by atoms with Crippen molar-refractivity contribution in [3.63, 3.8) is 0 Å². The number of hydrogen-bond donors (Lipinski definition) is 0. The van der Waals surface area contributed by atoms with Crippen LogP contribution in [0.25, 0.3) is 0 Å². The maximum absolute atomic E-state index is 13.3. The van der Waals surface area contributed by atoms with Gasteiger partial charge in [0.1, 0.15) is 5.75 Å². The molecule has 1 aromatic carbocycles. The summed E-state index contributed by atoms with van der Waals surface area (Å²) >= 11 is 0. The molecular formula is C16H23NO5S2. The predicted molar refractivity (Wildman–Crippen MR) is 91.6 cm³/mol. The molecule has 2 aliphatic rings. The number of ether oxygens (including phenoxy) is 1. The first kappa shape index (κ1) is 17.7. The summed E-state index contributed by atoms with van der Waals surface area (Å²) in [6.45, 7) is 3.50. The average Bonchev–Trinajstić information content (AvgIpc) is 3.21. The van der Waals surface area contributed by atoms with Crippen LogP contribution in [-0.2, 0) is 19.9 Å². The summed E-state index contributed by atoms with van der Waals surface area (Å²) in [5.74, 6) is 0.610. The topological polar surface area (TPSA) is 80.8 Å². The van der Waals surface area contributed by atoms with Gasteiger partial charge in [0.2, 0.25) is 10.0 Å². The Kier molecular flexibility index (Phi) is 4.42. The van der Waals surface area contributed by atoms with Gasteiger partial charge in [0.05, 0.1) is 23.5 Å². The van der Waals surface area contributed by atoms with Crippen molar-refractivity contribution in [2.45, 2.75) is 50.1 Å². The quantitative estimate of drug-likeness (QED) is 0.784. The van der Waals surface area contributed by atoms with Crippen molar-refractivity contribution in [1.82, 2.24) is 4.31 Å². The van der Waals surface area contributed by atoms with Gasteiger partial charge in [-0.2, -0.15) is 4.31 Å². The van der Waals surface area contributed by atoms with E-state index in [9.17, 15) is 16.8 Å². The lowest BCUT2D eigenvalue weighted by Crippen LogP contribution is -2.43. The average molecular weight is 373 g/mol. The Morgan fingerprint density at radius 1 is 1.08 bits per heavy atom. The molecule has 1 aliphatic carbocycles. The van der Waals surface area contributed by atoms with Crippen molar-refractivity contribution < 1.29 is 21.6 Å². The lowest BCUT2D eigenvalue weighted by molar-refractivity contribution is 0.332. The van der Waals surface area contributed by atoms with E-state index in [2.05, 4.69) is 0 Å². The highest BCUT2D eigenvalue weighted by Crippen LogP contribution is 2.39. The normalized spacial score (nSPS) is 23.6. The van der Waals surface area contributed by atoms with Gasteiger partial charge in [0, 0.05) is 12.1 Å². The maximum atomic E-state index is 13.3. The summed E-state index contributed by atoms with van der Waals surface area (Å²) in [6.07, 6.45) is 1.97. The zero-order valence-corrected chi connectivity index (χ0v) is 15.8. The number of nitrogens with zero attached hydrogens (tertiary/aromatic N) is 1. The Labute approximate surface area is 143 Å². The largest absolute Gasteiger partial charge is 0.497 e. The van der Waals surface area contributed by atoms with E-state index in [1.807, 2.05) is 0 Å². The molecule has 1 atom stereocenters. The van der Waals surface area contributed by atoms with E-state index in [-0.39, 0.29) is 22.4 Å². The van der Waals surface area contributed by atoms with Crippen molar-refractivity contribution in [3.8, 4) is 5.75 Å². The predicted octanol–water partition coefficient (Wildman–Crippen LogP) is 1.65. The zero-order chi connectivity index (χ0) is 17.7. The fraction of sp³-hybridized carbons (Fsp3) is 0.625. The minimum absolute atomic E-state index is 0.0665. The standard InChI is InChI=1S/C16H23NO5S2/c1-11-8-15(22-3)9-12(2)16(11)24(20,21)17(13-4-5-13)14-6-7-23(18,19)10-14/h8-9,13-14H,4-7,10H2,1-3H3/t14-/m0/s1. The van der Waals surface area contributed by atoms with E-state index >= 15 is 0 Å². The molecule has 0 aromatic heterocycles. The second-order valence-corrected chi connectivity index (χ2v) is 10.7. The molecule has 0 bridgehead atoms. The van der Waals surface area contributed by atoms with Crippen molar-refractivity contribution in [2.24, 2.45) is 0 Å². The van der Waals surface area contributed by atoms with Gasteiger partial charge < -0.3 is 4.74 Å². The van der Waals surface area contributed by atoms with Crippen LogP contribution in [0.15, 0.2) is 17.0 Å². The summed E-state index contributed by atoms with van der Waals surface area (Å²) in [6, 6.07) is 2.88. The Morgan fingerprint density at radius 2 is 1.67 bits per heavy atom. The number of sulfonamides is 1. The van der Waals surface area contributed by atoms with Crippen LogP contribution in [0.3, 0.4) is 0 Å². The number of hydrogen-bond acceptors (Lipinski definition) is 5. The fourth-order valence-electron chi connectivity index (χ4n) is 3.54. The van der Waals surface area contributed by atoms with Crippen LogP contribution in [0.5, 0.6) is 5.75 Å². The van der Waals surface area contributed by atoms with Gasteiger partial charge in [-0.25, -0.2) is 16.8 Å². The van der Waals surface area contributed by atoms with Crippen molar-refractivity contribution in [1.29, 1.82) is 0 Å². The van der Waals surface area contributed by atoms with E-state index in [4.69, 9.17) is 4.74 Å². The molecule has 6 nitrogen and oxygen atoms in total. The molecule has 24 heavy (non-hydrogen) atoms. The second kappa shape index (κ2) is 6.00. The molecule has 0 N–H and O–H groups in total. The smallest absolute Gasteiger partial charge is 0.244 e. The van der Waals surface area contributed by atoms with Crippen molar-refractivity contribution in [2.75, 3.05) is 18.6 Å². The van der Waals surface area contributed by atoms with E-state index in [1.165, 1.54) is 4.31 Å². The van der Waals surface area contributed by atoms with Crippen LogP contribution in [-0.4, -0.2) is 51.8 Å². The lowest BCUT2D eigenvalue weighted by Gasteiger charge is -2.29. The number of rotatable bonds is 5. The Bertz CT molecular complexity index is 833. The van der Waals surface area contributed by atoms with Crippen LogP contribution in [0.2, 0.25) is 0 Å². The van der Waals surface area contributed by atoms with E-state index in [0.29, 0.717) is 23.3 Å². The first-order chi connectivity index (χ1) is 11.2. The third-order valence-corrected chi connectivity index (χ3v) is 8.74. The minimum atomic E-state index is -3.74. The molecular weight excluding hydrogens is 350 g/mol. The van der Waals surface area contributed by atoms with Crippen molar-refractivity contribution in [3.05, 3.63) is 23.3 Å². The number of methoxy groups -OCH3 is 1. The first-order valence-corrected chi connectivity index (χ1v) is 11.3. The van der Waals surface area contributed by atoms with Gasteiger partial charge in [0.15, 0.2) is 9.84 Å². The molecule has 1 saturated heterocycles. The summed E-state index contributed by atoms with van der Waals surface area (Å²) in [7, 11) is -5.35. The van der Waals surface area contributed by atoms with Gasteiger partial charge in [-0.15, -0.1) is 0 Å². The summed E-state index contributed by atoms with van der Waals surface area (Å²) in [4.78, 5) is 0.277. The third kappa shape index (κ3) is 3.19. The molecule has 0 amide bonds. The molecule has 1 heterocycles. The minimum Gasteiger partial charge on any atom is -0.497 e. The highest BCUT2D eigenvalue weighted by atomic mass is 32.2. The van der Waals surface area contributed by atoms with Crippen LogP contribution in [0, 0.1) is 13.8 Å². The lowest BCUT2D eigenvalue weighted by atomic mass is 10.1. The number of sulfone groups is 1. The molecule has 0 unspecified atom stereocenters. The summed E-state index contributed by atoms with van der Waals surface area (Å²) < 4.78 is 57.0. The zero-order valence-electron chi connectivity index (χ0n) is 14.1. The Balaban J connectivity index is 2.05. The van der Waals surface area contributed by atoms with Gasteiger partial charge in [0.25, 0.3) is 0 Å². The molecule has 1 aliphatic heterocycles. The molecule has 0 spiro atoms. The fourth-order valence-corrected chi connectivity index (χ4v) is 7.66. The molecule has 1 aromatic rings. The molecule has 8 heteroatoms. The number of benzene rings is 1. The van der Waals surface area contributed by atoms with Crippen LogP contribution >= 0.6 is 0 Å². The van der Waals surface area contributed by atoms with Gasteiger partial charge >= 0.3 is 0 Å².